The van der Waals surface area contributed by atoms with E-state index in [0.717, 1.165) is 25.0 Å². The van der Waals surface area contributed by atoms with Crippen LogP contribution in [0, 0.1) is 17.3 Å². The van der Waals surface area contributed by atoms with Gasteiger partial charge < -0.3 is 15.0 Å². The maximum Gasteiger partial charge on any atom is 0.0469 e. The van der Waals surface area contributed by atoms with Crippen molar-refractivity contribution in [2.24, 2.45) is 17.3 Å². The highest BCUT2D eigenvalue weighted by Crippen LogP contribution is 2.39. The first-order chi connectivity index (χ1) is 9.53. The predicted octanol–water partition coefficient (Wildman–Crippen LogP) is 2.76. The summed E-state index contributed by atoms with van der Waals surface area (Å²) in [6.45, 7) is 9.28. The summed E-state index contributed by atoms with van der Waals surface area (Å²) in [6.07, 6.45) is 6.62. The maximum atomic E-state index is 5.46. The Labute approximate surface area is 125 Å². The van der Waals surface area contributed by atoms with Gasteiger partial charge in [0.2, 0.25) is 0 Å². The molecule has 3 heteroatoms. The lowest BCUT2D eigenvalue weighted by atomic mass is 9.68. The van der Waals surface area contributed by atoms with Crippen LogP contribution >= 0.6 is 0 Å². The second-order valence-corrected chi connectivity index (χ2v) is 7.68. The number of hydrogen-bond donors (Lipinski definition) is 1. The molecule has 1 heterocycles. The average Bonchev–Trinajstić information content (AvgIpc) is 2.39. The molecule has 1 N–H and O–H groups in total. The van der Waals surface area contributed by atoms with Crippen LogP contribution in [-0.2, 0) is 4.74 Å². The Morgan fingerprint density at radius 3 is 2.50 bits per heavy atom. The van der Waals surface area contributed by atoms with Gasteiger partial charge in [-0.15, -0.1) is 0 Å². The van der Waals surface area contributed by atoms with Gasteiger partial charge in [-0.3, -0.25) is 0 Å². The largest absolute Gasteiger partial charge is 0.381 e. The minimum absolute atomic E-state index is 0.442. The van der Waals surface area contributed by atoms with Crippen LogP contribution in [0.5, 0.6) is 0 Å². The predicted molar refractivity (Wildman–Crippen MR) is 85.0 cm³/mol. The molecule has 0 radical (unpaired) electrons. The SMILES string of the molecule is CNC1C(CN(C)CC2CCOCC2)CCCC1(C)C. The monoisotopic (exact) mass is 282 g/mol. The molecule has 2 fully saturated rings. The summed E-state index contributed by atoms with van der Waals surface area (Å²) in [7, 11) is 4.45. The molecule has 2 rings (SSSR count). The van der Waals surface area contributed by atoms with Gasteiger partial charge in [0, 0.05) is 32.3 Å². The van der Waals surface area contributed by atoms with Gasteiger partial charge in [-0.05, 0) is 57.0 Å². The molecule has 0 bridgehead atoms. The number of rotatable bonds is 5. The first-order valence-electron chi connectivity index (χ1n) is 8.46. The lowest BCUT2D eigenvalue weighted by Gasteiger charge is -2.45. The van der Waals surface area contributed by atoms with Gasteiger partial charge >= 0.3 is 0 Å². The lowest BCUT2D eigenvalue weighted by Crippen LogP contribution is -2.51. The molecule has 118 valence electrons. The standard InChI is InChI=1S/C17H34N2O/c1-17(2)9-5-6-15(16(17)18-3)13-19(4)12-14-7-10-20-11-8-14/h14-16,18H,5-13H2,1-4H3. The Hall–Kier alpha value is -0.120. The van der Waals surface area contributed by atoms with Crippen molar-refractivity contribution in [2.45, 2.75) is 52.0 Å². The van der Waals surface area contributed by atoms with Crippen LogP contribution in [0.4, 0.5) is 0 Å². The third-order valence-corrected chi connectivity index (χ3v) is 5.48. The van der Waals surface area contributed by atoms with E-state index in [1.807, 2.05) is 0 Å². The number of nitrogens with one attached hydrogen (secondary N) is 1. The molecule has 1 aliphatic carbocycles. The summed E-state index contributed by atoms with van der Waals surface area (Å²) >= 11 is 0. The molecule has 0 aromatic heterocycles. The fourth-order valence-corrected chi connectivity index (χ4v) is 4.45. The molecule has 1 saturated heterocycles. The van der Waals surface area contributed by atoms with Gasteiger partial charge in [0.05, 0.1) is 0 Å². The molecule has 1 saturated carbocycles. The molecular formula is C17H34N2O. The van der Waals surface area contributed by atoms with Crippen LogP contribution in [0.25, 0.3) is 0 Å². The van der Waals surface area contributed by atoms with Crippen molar-refractivity contribution < 1.29 is 4.74 Å². The van der Waals surface area contributed by atoms with Crippen molar-refractivity contribution in [3.8, 4) is 0 Å². The van der Waals surface area contributed by atoms with Crippen LogP contribution in [0.2, 0.25) is 0 Å². The van der Waals surface area contributed by atoms with Gasteiger partial charge in [-0.1, -0.05) is 20.3 Å². The summed E-state index contributed by atoms with van der Waals surface area (Å²) in [5.74, 6) is 1.65. The van der Waals surface area contributed by atoms with Crippen LogP contribution in [0.1, 0.15) is 46.0 Å². The van der Waals surface area contributed by atoms with Gasteiger partial charge in [-0.25, -0.2) is 0 Å². The van der Waals surface area contributed by atoms with E-state index in [1.54, 1.807) is 0 Å². The quantitative estimate of drug-likeness (QED) is 0.839. The van der Waals surface area contributed by atoms with Crippen LogP contribution < -0.4 is 5.32 Å². The zero-order valence-corrected chi connectivity index (χ0v) is 14.0. The fraction of sp³-hybridized carbons (Fsp3) is 1.00. The van der Waals surface area contributed by atoms with Crippen molar-refractivity contribution in [2.75, 3.05) is 40.4 Å². The van der Waals surface area contributed by atoms with Crippen LogP contribution in [0.3, 0.4) is 0 Å². The summed E-state index contributed by atoms with van der Waals surface area (Å²) < 4.78 is 5.46. The zero-order chi connectivity index (χ0) is 14.6. The molecule has 3 nitrogen and oxygen atoms in total. The number of nitrogens with zero attached hydrogens (tertiary/aromatic N) is 1. The molecule has 0 aromatic carbocycles. The molecule has 2 atom stereocenters. The third-order valence-electron chi connectivity index (χ3n) is 5.48. The first-order valence-corrected chi connectivity index (χ1v) is 8.46. The third kappa shape index (κ3) is 4.19. The van der Waals surface area contributed by atoms with Crippen LogP contribution in [0.15, 0.2) is 0 Å². The fourth-order valence-electron chi connectivity index (χ4n) is 4.45. The van der Waals surface area contributed by atoms with Crippen molar-refractivity contribution >= 4 is 0 Å². The van der Waals surface area contributed by atoms with E-state index in [-0.39, 0.29) is 0 Å². The molecule has 2 aliphatic rings. The second-order valence-electron chi connectivity index (χ2n) is 7.68. The lowest BCUT2D eigenvalue weighted by molar-refractivity contribution is 0.0457. The Balaban J connectivity index is 1.83. The van der Waals surface area contributed by atoms with Crippen molar-refractivity contribution in [1.82, 2.24) is 10.2 Å². The first kappa shape index (κ1) is 16.3. The highest BCUT2D eigenvalue weighted by Gasteiger charge is 2.38. The van der Waals surface area contributed by atoms with E-state index in [4.69, 9.17) is 4.74 Å². The van der Waals surface area contributed by atoms with Crippen molar-refractivity contribution in [1.29, 1.82) is 0 Å². The molecule has 0 aromatic rings. The normalized spacial score (nSPS) is 31.6. The maximum absolute atomic E-state index is 5.46. The minimum atomic E-state index is 0.442. The highest BCUT2D eigenvalue weighted by atomic mass is 16.5. The second kappa shape index (κ2) is 7.24. The molecular weight excluding hydrogens is 248 g/mol. The van der Waals surface area contributed by atoms with Crippen molar-refractivity contribution in [3.05, 3.63) is 0 Å². The summed E-state index contributed by atoms with van der Waals surface area (Å²) in [5.41, 5.74) is 0.442. The molecule has 1 aliphatic heterocycles. The molecule has 20 heavy (non-hydrogen) atoms. The topological polar surface area (TPSA) is 24.5 Å². The van der Waals surface area contributed by atoms with E-state index >= 15 is 0 Å². The van der Waals surface area contributed by atoms with E-state index in [0.29, 0.717) is 11.5 Å². The minimum Gasteiger partial charge on any atom is -0.381 e. The summed E-state index contributed by atoms with van der Waals surface area (Å²) in [5, 5.41) is 3.61. The zero-order valence-electron chi connectivity index (χ0n) is 14.0. The Morgan fingerprint density at radius 2 is 1.85 bits per heavy atom. The molecule has 0 spiro atoms. The van der Waals surface area contributed by atoms with E-state index in [9.17, 15) is 0 Å². The number of hydrogen-bond acceptors (Lipinski definition) is 3. The van der Waals surface area contributed by atoms with E-state index in [2.05, 4.69) is 38.2 Å². The van der Waals surface area contributed by atoms with Gasteiger partial charge in [0.1, 0.15) is 0 Å². The van der Waals surface area contributed by atoms with Gasteiger partial charge in [-0.2, -0.15) is 0 Å². The van der Waals surface area contributed by atoms with Crippen LogP contribution in [-0.4, -0.2) is 51.3 Å². The Morgan fingerprint density at radius 1 is 1.15 bits per heavy atom. The highest BCUT2D eigenvalue weighted by molar-refractivity contribution is 4.93. The van der Waals surface area contributed by atoms with E-state index < -0.39 is 0 Å². The summed E-state index contributed by atoms with van der Waals surface area (Å²) in [4.78, 5) is 2.58. The average molecular weight is 282 g/mol. The van der Waals surface area contributed by atoms with Gasteiger partial charge in [0.25, 0.3) is 0 Å². The Bertz CT molecular complexity index is 287. The number of ether oxygens (including phenoxy) is 1. The van der Waals surface area contributed by atoms with Crippen molar-refractivity contribution in [3.63, 3.8) is 0 Å². The van der Waals surface area contributed by atoms with E-state index in [1.165, 1.54) is 45.2 Å². The Kier molecular flexibility index (Phi) is 5.88. The summed E-state index contributed by atoms with van der Waals surface area (Å²) in [6, 6.07) is 0.661. The van der Waals surface area contributed by atoms with Gasteiger partial charge in [0.15, 0.2) is 0 Å². The molecule has 2 unspecified atom stereocenters. The smallest absolute Gasteiger partial charge is 0.0469 e. The molecule has 0 amide bonds.